The third kappa shape index (κ3) is 2.84. The Kier molecular flexibility index (Phi) is 3.03. The van der Waals surface area contributed by atoms with Crippen molar-refractivity contribution in [1.82, 2.24) is 30.5 Å². The number of hydrogen-bond donors (Lipinski definition) is 1. The summed E-state index contributed by atoms with van der Waals surface area (Å²) in [6.07, 6.45) is 3.95. The second-order valence-corrected chi connectivity index (χ2v) is 3.16. The standard InChI is InChI=1S/C8H12N6O/c1-14-5-7(11-13-14)4-9-3-2-8-10-6-15-12-8/h5-6,9H,2-4H2,1H3. The molecule has 0 unspecified atom stereocenters. The minimum atomic E-state index is 0.700. The van der Waals surface area contributed by atoms with Gasteiger partial charge >= 0.3 is 0 Å². The Labute approximate surface area is 86.5 Å². The third-order valence-electron chi connectivity index (χ3n) is 1.89. The summed E-state index contributed by atoms with van der Waals surface area (Å²) >= 11 is 0. The molecule has 80 valence electrons. The smallest absolute Gasteiger partial charge is 0.213 e. The zero-order chi connectivity index (χ0) is 10.5. The first-order valence-corrected chi connectivity index (χ1v) is 4.66. The minimum absolute atomic E-state index is 0.700. The molecule has 0 bridgehead atoms. The lowest BCUT2D eigenvalue weighted by Gasteiger charge is -1.98. The van der Waals surface area contributed by atoms with Crippen LogP contribution in [-0.4, -0.2) is 31.7 Å². The van der Waals surface area contributed by atoms with E-state index < -0.39 is 0 Å². The Balaban J connectivity index is 1.67. The fourth-order valence-corrected chi connectivity index (χ4v) is 1.20. The molecule has 2 rings (SSSR count). The van der Waals surface area contributed by atoms with Crippen molar-refractivity contribution in [3.05, 3.63) is 24.1 Å². The van der Waals surface area contributed by atoms with E-state index in [1.165, 1.54) is 6.39 Å². The van der Waals surface area contributed by atoms with Crippen LogP contribution >= 0.6 is 0 Å². The highest BCUT2D eigenvalue weighted by atomic mass is 16.5. The van der Waals surface area contributed by atoms with Crippen LogP contribution in [0.3, 0.4) is 0 Å². The Hall–Kier alpha value is -1.76. The van der Waals surface area contributed by atoms with Gasteiger partial charge in [0.25, 0.3) is 0 Å². The lowest BCUT2D eigenvalue weighted by molar-refractivity contribution is 0.409. The summed E-state index contributed by atoms with van der Waals surface area (Å²) < 4.78 is 6.30. The van der Waals surface area contributed by atoms with E-state index in [0.29, 0.717) is 12.4 Å². The van der Waals surface area contributed by atoms with E-state index in [9.17, 15) is 0 Å². The Morgan fingerprint density at radius 2 is 2.47 bits per heavy atom. The van der Waals surface area contributed by atoms with Gasteiger partial charge in [-0.15, -0.1) is 5.10 Å². The topological polar surface area (TPSA) is 81.7 Å². The normalized spacial score (nSPS) is 10.7. The molecule has 2 heterocycles. The minimum Gasteiger partial charge on any atom is -0.343 e. The fourth-order valence-electron chi connectivity index (χ4n) is 1.20. The van der Waals surface area contributed by atoms with Gasteiger partial charge in [-0.25, -0.2) is 0 Å². The Bertz CT molecular complexity index is 395. The number of nitrogens with zero attached hydrogens (tertiary/aromatic N) is 5. The van der Waals surface area contributed by atoms with Crippen LogP contribution in [-0.2, 0) is 20.0 Å². The molecule has 2 aromatic rings. The van der Waals surface area contributed by atoms with Gasteiger partial charge in [0, 0.05) is 32.8 Å². The Morgan fingerprint density at radius 1 is 1.53 bits per heavy atom. The molecule has 0 spiro atoms. The molecule has 0 fully saturated rings. The molecule has 0 radical (unpaired) electrons. The fraction of sp³-hybridized carbons (Fsp3) is 0.500. The van der Waals surface area contributed by atoms with Crippen molar-refractivity contribution in [1.29, 1.82) is 0 Å². The van der Waals surface area contributed by atoms with Crippen LogP contribution in [0.2, 0.25) is 0 Å². The van der Waals surface area contributed by atoms with Crippen molar-refractivity contribution < 1.29 is 4.52 Å². The first-order valence-electron chi connectivity index (χ1n) is 4.66. The molecule has 7 nitrogen and oxygen atoms in total. The predicted octanol–water partition coefficient (Wildman–Crippen LogP) is -0.470. The second-order valence-electron chi connectivity index (χ2n) is 3.16. The zero-order valence-corrected chi connectivity index (χ0v) is 8.42. The number of aromatic nitrogens is 5. The van der Waals surface area contributed by atoms with Crippen molar-refractivity contribution in [2.45, 2.75) is 13.0 Å². The molecule has 0 amide bonds. The van der Waals surface area contributed by atoms with E-state index in [4.69, 9.17) is 0 Å². The average Bonchev–Trinajstić information content (AvgIpc) is 2.84. The van der Waals surface area contributed by atoms with Crippen molar-refractivity contribution in [2.75, 3.05) is 6.54 Å². The van der Waals surface area contributed by atoms with E-state index in [-0.39, 0.29) is 0 Å². The van der Waals surface area contributed by atoms with Gasteiger partial charge in [0.15, 0.2) is 5.82 Å². The van der Waals surface area contributed by atoms with E-state index in [0.717, 1.165) is 18.7 Å². The highest BCUT2D eigenvalue weighted by molar-refractivity contribution is 4.91. The maximum atomic E-state index is 4.62. The summed E-state index contributed by atoms with van der Waals surface area (Å²) in [7, 11) is 1.84. The predicted molar refractivity (Wildman–Crippen MR) is 50.7 cm³/mol. The van der Waals surface area contributed by atoms with Crippen LogP contribution in [0.1, 0.15) is 11.5 Å². The highest BCUT2D eigenvalue weighted by Gasteiger charge is 1.99. The van der Waals surface area contributed by atoms with Gasteiger partial charge < -0.3 is 9.84 Å². The molecule has 0 aliphatic rings. The van der Waals surface area contributed by atoms with Gasteiger partial charge in [0.05, 0.1) is 5.69 Å². The first-order chi connectivity index (χ1) is 7.34. The zero-order valence-electron chi connectivity index (χ0n) is 8.42. The van der Waals surface area contributed by atoms with Gasteiger partial charge in [-0.1, -0.05) is 10.4 Å². The molecule has 0 saturated carbocycles. The van der Waals surface area contributed by atoms with Gasteiger partial charge in [-0.05, 0) is 0 Å². The molecule has 0 aromatic carbocycles. The summed E-state index contributed by atoms with van der Waals surface area (Å²) in [5.41, 5.74) is 0.922. The van der Waals surface area contributed by atoms with Crippen LogP contribution in [0.4, 0.5) is 0 Å². The molecule has 0 aliphatic carbocycles. The monoisotopic (exact) mass is 208 g/mol. The molecule has 0 saturated heterocycles. The largest absolute Gasteiger partial charge is 0.343 e. The molecule has 1 N–H and O–H groups in total. The summed E-state index contributed by atoms with van der Waals surface area (Å²) in [6.45, 7) is 1.49. The van der Waals surface area contributed by atoms with Crippen LogP contribution in [0, 0.1) is 0 Å². The van der Waals surface area contributed by atoms with Crippen molar-refractivity contribution >= 4 is 0 Å². The second kappa shape index (κ2) is 4.65. The summed E-state index contributed by atoms with van der Waals surface area (Å²) in [5, 5.41) is 14.7. The van der Waals surface area contributed by atoms with Crippen LogP contribution in [0.25, 0.3) is 0 Å². The van der Waals surface area contributed by atoms with Crippen molar-refractivity contribution in [3.63, 3.8) is 0 Å². The maximum absolute atomic E-state index is 4.62. The quantitative estimate of drug-likeness (QED) is 0.669. The van der Waals surface area contributed by atoms with E-state index in [1.54, 1.807) is 4.68 Å². The lowest BCUT2D eigenvalue weighted by Crippen LogP contribution is -2.17. The van der Waals surface area contributed by atoms with Crippen LogP contribution < -0.4 is 5.32 Å². The molecule has 2 aromatic heterocycles. The summed E-state index contributed by atoms with van der Waals surface area (Å²) in [4.78, 5) is 3.92. The van der Waals surface area contributed by atoms with Crippen LogP contribution in [0.15, 0.2) is 17.1 Å². The number of nitrogens with one attached hydrogen (secondary N) is 1. The molecule has 0 aliphatic heterocycles. The van der Waals surface area contributed by atoms with E-state index in [2.05, 4.69) is 30.3 Å². The van der Waals surface area contributed by atoms with E-state index in [1.807, 2.05) is 13.2 Å². The van der Waals surface area contributed by atoms with Crippen molar-refractivity contribution in [2.24, 2.45) is 7.05 Å². The average molecular weight is 208 g/mol. The Morgan fingerprint density at radius 3 is 3.13 bits per heavy atom. The van der Waals surface area contributed by atoms with Gasteiger partial charge in [-0.3, -0.25) is 4.68 Å². The van der Waals surface area contributed by atoms with Crippen LogP contribution in [0.5, 0.6) is 0 Å². The molecular formula is C8H12N6O. The molecule has 7 heteroatoms. The first kappa shape index (κ1) is 9.78. The summed E-state index contributed by atoms with van der Waals surface area (Å²) in [6, 6.07) is 0. The SMILES string of the molecule is Cn1cc(CNCCc2ncon2)nn1. The lowest BCUT2D eigenvalue weighted by atomic mass is 10.4. The molecule has 0 atom stereocenters. The van der Waals surface area contributed by atoms with Gasteiger partial charge in [0.2, 0.25) is 6.39 Å². The maximum Gasteiger partial charge on any atom is 0.213 e. The highest BCUT2D eigenvalue weighted by Crippen LogP contribution is 1.91. The van der Waals surface area contributed by atoms with Gasteiger partial charge in [-0.2, -0.15) is 4.98 Å². The summed E-state index contributed by atoms with van der Waals surface area (Å²) in [5.74, 6) is 0.710. The molecular weight excluding hydrogens is 196 g/mol. The van der Waals surface area contributed by atoms with E-state index >= 15 is 0 Å². The number of hydrogen-bond acceptors (Lipinski definition) is 6. The molecule has 15 heavy (non-hydrogen) atoms. The third-order valence-corrected chi connectivity index (χ3v) is 1.89. The number of aryl methyl sites for hydroxylation is 1. The van der Waals surface area contributed by atoms with Gasteiger partial charge in [0.1, 0.15) is 0 Å². The van der Waals surface area contributed by atoms with Crippen molar-refractivity contribution in [3.8, 4) is 0 Å². The number of rotatable bonds is 5.